The molecule has 0 aromatic carbocycles. The molecule has 6 heavy (non-hydrogen) atoms. The molecule has 0 bridgehead atoms. The van der Waals surface area contributed by atoms with Crippen LogP contribution in [0.4, 0.5) is 0 Å². The summed E-state index contributed by atoms with van der Waals surface area (Å²) < 4.78 is -0.796. The molecular weight excluding hydrogens is 99.0 g/mol. The van der Waals surface area contributed by atoms with E-state index in [9.17, 15) is 9.59 Å². The van der Waals surface area contributed by atoms with E-state index in [-0.39, 0.29) is 0 Å². The second kappa shape index (κ2) is 1.96. The van der Waals surface area contributed by atoms with Crippen LogP contribution in [0.3, 0.4) is 0 Å². The summed E-state index contributed by atoms with van der Waals surface area (Å²) in [5.74, 6) is -1.37. The molecule has 0 aromatic rings. The molecular formula is C2H2AlO3. The van der Waals surface area contributed by atoms with Crippen molar-refractivity contribution in [1.29, 1.82) is 0 Å². The fourth-order valence-corrected chi connectivity index (χ4v) is 0. The smallest absolute Gasteiger partial charge is 0.350 e. The number of hydrogen-bond donors (Lipinski definition) is 1. The molecule has 0 aliphatic rings. The van der Waals surface area contributed by atoms with Gasteiger partial charge in [0.2, 0.25) is 0 Å². The normalized spacial score (nSPS) is 7.33. The number of rotatable bonds is 1. The average Bonchev–Trinajstić information content (AvgIpc) is 1.36. The fourth-order valence-electron chi connectivity index (χ4n) is 0. The number of carboxylic acid groups (broad SMARTS) is 1. The molecule has 0 spiro atoms. The molecule has 31 valence electrons. The second-order valence-electron chi connectivity index (χ2n) is 0.728. The number of carboxylic acids is 1. The van der Waals surface area contributed by atoms with Crippen molar-refractivity contribution < 1.29 is 14.7 Å². The van der Waals surface area contributed by atoms with E-state index in [1.165, 1.54) is 0 Å². The van der Waals surface area contributed by atoms with Crippen LogP contribution >= 0.6 is 0 Å². The molecule has 0 amide bonds. The summed E-state index contributed by atoms with van der Waals surface area (Å²) in [6, 6.07) is 0. The Labute approximate surface area is 42.4 Å². The van der Waals surface area contributed by atoms with Crippen LogP contribution in [0, 0.1) is 0 Å². The zero-order valence-corrected chi connectivity index (χ0v) is 4.39. The maximum absolute atomic E-state index is 9.56. The van der Waals surface area contributed by atoms with Gasteiger partial charge in [-0.3, -0.25) is 0 Å². The van der Waals surface area contributed by atoms with Gasteiger partial charge in [0.25, 0.3) is 0 Å². The summed E-state index contributed by atoms with van der Waals surface area (Å²) in [4.78, 5) is 18.9. The number of carbonyl (C=O) groups is 2. The molecule has 4 heteroatoms. The highest BCUT2D eigenvalue weighted by atomic mass is 27.0. The van der Waals surface area contributed by atoms with Gasteiger partial charge in [0.05, 0.1) is 0 Å². The average molecular weight is 101 g/mol. The van der Waals surface area contributed by atoms with E-state index < -0.39 is 10.6 Å². The molecule has 0 heterocycles. The minimum atomic E-state index is -1.37. The first-order valence-electron chi connectivity index (χ1n) is 1.24. The molecule has 1 N–H and O–H groups in total. The lowest BCUT2D eigenvalue weighted by molar-refractivity contribution is -0.145. The summed E-state index contributed by atoms with van der Waals surface area (Å²) in [6.45, 7) is 0. The lowest BCUT2D eigenvalue weighted by Gasteiger charge is -1.74. The first-order valence-corrected chi connectivity index (χ1v) is 1.94. The summed E-state index contributed by atoms with van der Waals surface area (Å²) in [5, 5.41) is 7.65. The molecule has 0 fully saturated rings. The third kappa shape index (κ3) is 1.94. The zero-order valence-electron chi connectivity index (χ0n) is 2.97. The molecule has 0 unspecified atom stereocenters. The third-order valence-electron chi connectivity index (χ3n) is 0.239. The van der Waals surface area contributed by atoms with E-state index >= 15 is 0 Å². The van der Waals surface area contributed by atoms with Crippen LogP contribution < -0.4 is 0 Å². The van der Waals surface area contributed by atoms with Crippen LogP contribution in [0.1, 0.15) is 0 Å². The highest BCUT2D eigenvalue weighted by Crippen LogP contribution is 1.55. The monoisotopic (exact) mass is 101 g/mol. The minimum Gasteiger partial charge on any atom is -0.477 e. The number of hydrogen-bond acceptors (Lipinski definition) is 2. The maximum atomic E-state index is 9.56. The van der Waals surface area contributed by atoms with Crippen LogP contribution in [0.15, 0.2) is 0 Å². The van der Waals surface area contributed by atoms with Gasteiger partial charge in [-0.2, -0.15) is 0 Å². The van der Waals surface area contributed by atoms with E-state index in [0.29, 0.717) is 0 Å². The van der Waals surface area contributed by atoms with Crippen molar-refractivity contribution in [2.75, 3.05) is 0 Å². The lowest BCUT2D eigenvalue weighted by atomic mass is 10.8. The number of aliphatic carboxylic acids is 1. The highest BCUT2D eigenvalue weighted by molar-refractivity contribution is 6.75. The standard InChI is InChI=1S/C2HO3.Al.H/c3-1-2(4)5;;/h(H,4,5);;. The van der Waals surface area contributed by atoms with Crippen molar-refractivity contribution in [3.05, 3.63) is 0 Å². The second-order valence-corrected chi connectivity index (χ2v) is 1.37. The Morgan fingerprint density at radius 1 is 1.50 bits per heavy atom. The van der Waals surface area contributed by atoms with Gasteiger partial charge in [-0.25, -0.2) is 4.79 Å². The predicted molar refractivity (Wildman–Crippen MR) is 19.8 cm³/mol. The van der Waals surface area contributed by atoms with Crippen molar-refractivity contribution in [3.63, 3.8) is 0 Å². The van der Waals surface area contributed by atoms with Gasteiger partial charge in [0.15, 0.2) is 0 Å². The summed E-state index contributed by atoms with van der Waals surface area (Å²) in [6.07, 6.45) is 0. The van der Waals surface area contributed by atoms with Crippen molar-refractivity contribution in [1.82, 2.24) is 0 Å². The van der Waals surface area contributed by atoms with E-state index in [4.69, 9.17) is 5.11 Å². The van der Waals surface area contributed by atoms with Crippen LogP contribution in [0.25, 0.3) is 0 Å². The van der Waals surface area contributed by atoms with E-state index in [2.05, 4.69) is 0 Å². The van der Waals surface area contributed by atoms with E-state index in [1.54, 1.807) is 0 Å². The van der Waals surface area contributed by atoms with E-state index in [0.717, 1.165) is 16.3 Å². The minimum absolute atomic E-state index is 0.796. The summed E-state index contributed by atoms with van der Waals surface area (Å²) in [5.41, 5.74) is 0. The molecule has 0 saturated carbocycles. The van der Waals surface area contributed by atoms with Crippen LogP contribution in [-0.2, 0) is 9.59 Å². The SMILES string of the molecule is O=C(O)[C](=O)[AlH]. The Bertz CT molecular complexity index is 74.8. The molecule has 0 saturated heterocycles. The fraction of sp³-hybridized carbons (Fsp3) is 0. The zero-order chi connectivity index (χ0) is 5.15. The Morgan fingerprint density at radius 2 is 1.67 bits per heavy atom. The van der Waals surface area contributed by atoms with Crippen LogP contribution in [0.2, 0.25) is 0 Å². The Kier molecular flexibility index (Phi) is 1.85. The Morgan fingerprint density at radius 3 is 1.67 bits per heavy atom. The number of carbonyl (C=O) groups excluding carboxylic acids is 1. The van der Waals surface area contributed by atoms with Crippen molar-refractivity contribution >= 4 is 26.9 Å². The lowest BCUT2D eigenvalue weighted by Crippen LogP contribution is -2.10. The van der Waals surface area contributed by atoms with Crippen molar-refractivity contribution in [2.24, 2.45) is 0 Å². The van der Waals surface area contributed by atoms with Gasteiger partial charge < -0.3 is 9.90 Å². The topological polar surface area (TPSA) is 54.4 Å². The van der Waals surface area contributed by atoms with Gasteiger partial charge in [0, 0.05) is 0 Å². The van der Waals surface area contributed by atoms with E-state index in [1.807, 2.05) is 0 Å². The highest BCUT2D eigenvalue weighted by Gasteiger charge is 1.97. The summed E-state index contributed by atoms with van der Waals surface area (Å²) in [7, 11) is 0. The van der Waals surface area contributed by atoms with Gasteiger partial charge in [-0.1, -0.05) is 0 Å². The molecule has 1 radical (unpaired) electrons. The first kappa shape index (κ1) is 5.67. The van der Waals surface area contributed by atoms with Crippen LogP contribution in [0.5, 0.6) is 0 Å². The van der Waals surface area contributed by atoms with Gasteiger partial charge >= 0.3 is 22.3 Å². The predicted octanol–water partition coefficient (Wildman–Crippen LogP) is -1.50. The van der Waals surface area contributed by atoms with Crippen molar-refractivity contribution in [3.8, 4) is 0 Å². The maximum Gasteiger partial charge on any atom is 0.350 e. The molecule has 0 aliphatic carbocycles. The van der Waals surface area contributed by atoms with Gasteiger partial charge in [-0.15, -0.1) is 0 Å². The third-order valence-corrected chi connectivity index (χ3v) is 0.541. The van der Waals surface area contributed by atoms with Crippen molar-refractivity contribution in [2.45, 2.75) is 0 Å². The molecule has 3 nitrogen and oxygen atoms in total. The molecule has 0 atom stereocenters. The van der Waals surface area contributed by atoms with Gasteiger partial charge in [0.1, 0.15) is 4.65 Å². The Hall–Kier alpha value is -0.328. The molecule has 0 aliphatic heterocycles. The molecule has 0 rings (SSSR count). The molecule has 0 aromatic heterocycles. The quantitative estimate of drug-likeness (QED) is 0.323. The summed E-state index contributed by atoms with van der Waals surface area (Å²) >= 11 is 0.825. The first-order chi connectivity index (χ1) is 2.64. The Balaban J connectivity index is 3.57. The van der Waals surface area contributed by atoms with Gasteiger partial charge in [-0.05, 0) is 0 Å². The largest absolute Gasteiger partial charge is 0.477 e. The van der Waals surface area contributed by atoms with Crippen LogP contribution in [-0.4, -0.2) is 32.0 Å².